The third kappa shape index (κ3) is 3.67. The van der Waals surface area contributed by atoms with Gasteiger partial charge < -0.3 is 5.11 Å². The fraction of sp³-hybridized carbons (Fsp3) is 0.692. The predicted molar refractivity (Wildman–Crippen MR) is 63.3 cm³/mol. The van der Waals surface area contributed by atoms with Gasteiger partial charge in [0.25, 0.3) is 0 Å². The number of aliphatic hydroxyl groups is 1. The lowest BCUT2D eigenvalue weighted by Crippen LogP contribution is -2.43. The molecule has 0 aromatic heterocycles. The molecule has 0 amide bonds. The van der Waals surface area contributed by atoms with Crippen molar-refractivity contribution in [2.24, 2.45) is 5.41 Å². The highest BCUT2D eigenvalue weighted by atomic mass is 16.3. The van der Waals surface area contributed by atoms with E-state index < -0.39 is 5.60 Å². The van der Waals surface area contributed by atoms with Crippen LogP contribution >= 0.6 is 0 Å². The molecule has 0 aliphatic carbocycles. The second kappa shape index (κ2) is 4.31. The van der Waals surface area contributed by atoms with Crippen LogP contribution in [0.15, 0.2) is 24.3 Å². The van der Waals surface area contributed by atoms with Gasteiger partial charge in [-0.1, -0.05) is 31.9 Å². The Morgan fingerprint density at radius 3 is 1.43 bits per heavy atom. The molecule has 0 atom stereocenters. The highest BCUT2D eigenvalue weighted by molar-refractivity contribution is 5.08. The van der Waals surface area contributed by atoms with Crippen molar-refractivity contribution >= 4 is 0 Å². The predicted octanol–water partition coefficient (Wildman–Crippen LogP) is 3.70. The third-order valence-corrected chi connectivity index (χ3v) is 2.58. The van der Waals surface area contributed by atoms with Gasteiger partial charge in [0, 0.05) is 0 Å². The Morgan fingerprint density at radius 2 is 1.29 bits per heavy atom. The highest BCUT2D eigenvalue weighted by Crippen LogP contribution is 2.39. The van der Waals surface area contributed by atoms with Crippen LogP contribution in [0.5, 0.6) is 0 Å². The lowest BCUT2D eigenvalue weighted by molar-refractivity contribution is -0.0565. The van der Waals surface area contributed by atoms with Gasteiger partial charge in [-0.2, -0.15) is 0 Å². The molecule has 0 saturated carbocycles. The Kier molecular flexibility index (Phi) is 4.14. The summed E-state index contributed by atoms with van der Waals surface area (Å²) in [5, 5.41) is 10.6. The fourth-order valence-electron chi connectivity index (χ4n) is 1.59. The molecule has 0 bridgehead atoms. The van der Waals surface area contributed by atoms with Gasteiger partial charge in [-0.15, -0.1) is 13.2 Å². The van der Waals surface area contributed by atoms with Crippen LogP contribution in [0.25, 0.3) is 0 Å². The van der Waals surface area contributed by atoms with Crippen molar-refractivity contribution in [3.63, 3.8) is 0 Å². The van der Waals surface area contributed by atoms with E-state index in [2.05, 4.69) is 33.9 Å². The maximum absolute atomic E-state index is 10.6. The second-order valence-corrected chi connectivity index (χ2v) is 5.55. The van der Waals surface area contributed by atoms with Gasteiger partial charge >= 0.3 is 0 Å². The largest absolute Gasteiger partial charge is 0.389 e. The molecular formula is C13H24O. The van der Waals surface area contributed by atoms with E-state index in [4.69, 9.17) is 0 Å². The Hall–Kier alpha value is -0.560. The van der Waals surface area contributed by atoms with Crippen molar-refractivity contribution in [1.29, 1.82) is 0 Å². The van der Waals surface area contributed by atoms with Crippen molar-refractivity contribution < 1.29 is 5.11 Å². The monoisotopic (exact) mass is 196 g/mol. The minimum absolute atomic E-state index is 0.148. The Balaban J connectivity index is 4.85. The van der Waals surface area contributed by atoms with Gasteiger partial charge in [-0.3, -0.25) is 0 Å². The van der Waals surface area contributed by atoms with Gasteiger partial charge in [0.15, 0.2) is 0 Å². The van der Waals surface area contributed by atoms with E-state index in [1.165, 1.54) is 0 Å². The van der Waals surface area contributed by atoms with Gasteiger partial charge in [-0.25, -0.2) is 0 Å². The molecule has 0 aromatic carbocycles. The molecule has 0 aliphatic heterocycles. The van der Waals surface area contributed by atoms with Crippen molar-refractivity contribution in [2.75, 3.05) is 0 Å². The second-order valence-electron chi connectivity index (χ2n) is 5.55. The molecule has 1 N–H and O–H groups in total. The van der Waals surface area contributed by atoms with Crippen LogP contribution in [0.4, 0.5) is 0 Å². The molecule has 0 radical (unpaired) electrons. The number of hydrogen-bond donors (Lipinski definition) is 1. The summed E-state index contributed by atoms with van der Waals surface area (Å²) in [6.45, 7) is 17.8. The van der Waals surface area contributed by atoms with Gasteiger partial charge in [0.1, 0.15) is 0 Å². The SMILES string of the molecule is C=C(C)CC(O)(CC(=C)C)C(C)(C)C. The Labute approximate surface area is 88.5 Å². The topological polar surface area (TPSA) is 20.2 Å². The Morgan fingerprint density at radius 1 is 1.00 bits per heavy atom. The summed E-state index contributed by atoms with van der Waals surface area (Å²) in [4.78, 5) is 0. The molecule has 0 unspecified atom stereocenters. The van der Waals surface area contributed by atoms with E-state index in [0.717, 1.165) is 11.1 Å². The molecule has 0 heterocycles. The smallest absolute Gasteiger partial charge is 0.0769 e. The quantitative estimate of drug-likeness (QED) is 0.680. The highest BCUT2D eigenvalue weighted by Gasteiger charge is 2.39. The zero-order valence-corrected chi connectivity index (χ0v) is 10.3. The average molecular weight is 196 g/mol. The van der Waals surface area contributed by atoms with E-state index in [0.29, 0.717) is 12.8 Å². The molecule has 1 heteroatoms. The summed E-state index contributed by atoms with van der Waals surface area (Å²) < 4.78 is 0. The average Bonchev–Trinajstić information content (AvgIpc) is 1.78. The standard InChI is InChI=1S/C13H24O/c1-10(2)8-13(14,9-11(3)4)12(5,6)7/h14H,1,3,8-9H2,2,4-7H3. The maximum Gasteiger partial charge on any atom is 0.0769 e. The number of rotatable bonds is 4. The molecule has 0 spiro atoms. The zero-order valence-electron chi connectivity index (χ0n) is 10.3. The first-order valence-electron chi connectivity index (χ1n) is 5.09. The maximum atomic E-state index is 10.6. The number of hydrogen-bond acceptors (Lipinski definition) is 1. The molecule has 82 valence electrons. The lowest BCUT2D eigenvalue weighted by Gasteiger charge is -2.41. The van der Waals surface area contributed by atoms with Gasteiger partial charge in [0.2, 0.25) is 0 Å². The first-order valence-corrected chi connectivity index (χ1v) is 5.09. The molecule has 0 rings (SSSR count). The summed E-state index contributed by atoms with van der Waals surface area (Å²) >= 11 is 0. The molecule has 0 saturated heterocycles. The third-order valence-electron chi connectivity index (χ3n) is 2.58. The van der Waals surface area contributed by atoms with Crippen LogP contribution in [0.1, 0.15) is 47.5 Å². The molecular weight excluding hydrogens is 172 g/mol. The fourth-order valence-corrected chi connectivity index (χ4v) is 1.59. The van der Waals surface area contributed by atoms with E-state index >= 15 is 0 Å². The summed E-state index contributed by atoms with van der Waals surface area (Å²) in [5.74, 6) is 0. The zero-order chi connectivity index (χ0) is 11.6. The molecule has 0 aliphatic rings. The first-order chi connectivity index (χ1) is 6.08. The van der Waals surface area contributed by atoms with Crippen LogP contribution in [0.3, 0.4) is 0 Å². The molecule has 14 heavy (non-hydrogen) atoms. The van der Waals surface area contributed by atoms with E-state index in [9.17, 15) is 5.11 Å². The van der Waals surface area contributed by atoms with Crippen molar-refractivity contribution in [3.05, 3.63) is 24.3 Å². The molecule has 1 nitrogen and oxygen atoms in total. The van der Waals surface area contributed by atoms with E-state index in [-0.39, 0.29) is 5.41 Å². The molecule has 0 aromatic rings. The Bertz CT molecular complexity index is 214. The summed E-state index contributed by atoms with van der Waals surface area (Å²) in [7, 11) is 0. The van der Waals surface area contributed by atoms with Crippen molar-refractivity contribution in [2.45, 2.75) is 53.1 Å². The van der Waals surface area contributed by atoms with Crippen LogP contribution in [0.2, 0.25) is 0 Å². The van der Waals surface area contributed by atoms with Gasteiger partial charge in [0.05, 0.1) is 5.60 Å². The van der Waals surface area contributed by atoms with E-state index in [1.54, 1.807) is 0 Å². The summed E-state index contributed by atoms with van der Waals surface area (Å²) in [5.41, 5.74) is 1.17. The van der Waals surface area contributed by atoms with Crippen LogP contribution in [0, 0.1) is 5.41 Å². The molecule has 0 fully saturated rings. The summed E-state index contributed by atoms with van der Waals surface area (Å²) in [6.07, 6.45) is 1.28. The van der Waals surface area contributed by atoms with Crippen LogP contribution in [-0.4, -0.2) is 10.7 Å². The minimum Gasteiger partial charge on any atom is -0.389 e. The lowest BCUT2D eigenvalue weighted by atomic mass is 9.70. The van der Waals surface area contributed by atoms with Crippen molar-refractivity contribution in [1.82, 2.24) is 0 Å². The minimum atomic E-state index is -0.718. The van der Waals surface area contributed by atoms with Crippen LogP contribution in [-0.2, 0) is 0 Å². The van der Waals surface area contributed by atoms with Crippen LogP contribution < -0.4 is 0 Å². The van der Waals surface area contributed by atoms with Crippen molar-refractivity contribution in [3.8, 4) is 0 Å². The van der Waals surface area contributed by atoms with Gasteiger partial charge in [-0.05, 0) is 32.1 Å². The first kappa shape index (κ1) is 13.4. The summed E-state index contributed by atoms with van der Waals surface area (Å²) in [6, 6.07) is 0. The normalized spacial score (nSPS) is 12.7. The van der Waals surface area contributed by atoms with E-state index in [1.807, 2.05) is 13.8 Å².